The van der Waals surface area contributed by atoms with Gasteiger partial charge >= 0.3 is 0 Å². The molecule has 0 saturated heterocycles. The van der Waals surface area contributed by atoms with E-state index in [1.807, 2.05) is 18.2 Å². The Morgan fingerprint density at radius 2 is 1.86 bits per heavy atom. The Bertz CT molecular complexity index is 911. The van der Waals surface area contributed by atoms with Crippen molar-refractivity contribution in [2.24, 2.45) is 11.6 Å². The number of hydrogen-bond acceptors (Lipinski definition) is 7. The van der Waals surface area contributed by atoms with Gasteiger partial charge in [-0.05, 0) is 54.2 Å². The summed E-state index contributed by atoms with van der Waals surface area (Å²) in [5, 5.41) is 17.3. The van der Waals surface area contributed by atoms with Crippen LogP contribution >= 0.6 is 81.3 Å². The first kappa shape index (κ1) is 28.0. The maximum absolute atomic E-state index is 9.16. The SMILES string of the molecule is Br.Br.N#Cc1ccc(Sc2ccc(Cl)cc2CSC(=N)N)c(COC(=S)NN)c1. The molecule has 0 aromatic heterocycles. The lowest BCUT2D eigenvalue weighted by molar-refractivity contribution is 0.284. The number of benzene rings is 2. The van der Waals surface area contributed by atoms with Crippen molar-refractivity contribution in [2.75, 3.05) is 0 Å². The number of amidine groups is 1. The number of rotatable bonds is 6. The average Bonchev–Trinajstić information content (AvgIpc) is 2.66. The Kier molecular flexibility index (Phi) is 13.6. The van der Waals surface area contributed by atoms with E-state index >= 15 is 0 Å². The molecule has 0 radical (unpaired) electrons. The highest BCUT2D eigenvalue weighted by Crippen LogP contribution is 2.36. The van der Waals surface area contributed by atoms with Gasteiger partial charge in [0.25, 0.3) is 5.17 Å². The normalized spacial score (nSPS) is 9.41. The van der Waals surface area contributed by atoms with Gasteiger partial charge in [-0.2, -0.15) is 5.26 Å². The number of nitrogens with one attached hydrogen (secondary N) is 2. The third-order valence-corrected chi connectivity index (χ3v) is 5.77. The second-order valence-electron chi connectivity index (χ2n) is 5.16. The van der Waals surface area contributed by atoms with Crippen molar-refractivity contribution in [3.05, 3.63) is 58.1 Å². The van der Waals surface area contributed by atoms with Crippen molar-refractivity contribution in [3.63, 3.8) is 0 Å². The van der Waals surface area contributed by atoms with Gasteiger partial charge in [0.05, 0.1) is 11.6 Å². The van der Waals surface area contributed by atoms with Gasteiger partial charge in [0, 0.05) is 26.1 Å². The number of nitrogens with two attached hydrogens (primary N) is 2. The summed E-state index contributed by atoms with van der Waals surface area (Å²) in [5.74, 6) is 5.76. The number of thiocarbonyl (C=S) groups is 1. The minimum absolute atomic E-state index is 0. The average molecular weight is 600 g/mol. The highest BCUT2D eigenvalue weighted by atomic mass is 79.9. The highest BCUT2D eigenvalue weighted by Gasteiger charge is 2.12. The van der Waals surface area contributed by atoms with E-state index in [4.69, 9.17) is 50.8 Å². The second kappa shape index (κ2) is 14.1. The number of halogens is 3. The van der Waals surface area contributed by atoms with Gasteiger partial charge in [-0.1, -0.05) is 35.1 Å². The van der Waals surface area contributed by atoms with Crippen molar-refractivity contribution < 1.29 is 4.74 Å². The molecule has 2 aromatic carbocycles. The molecule has 0 unspecified atom stereocenters. The molecule has 6 N–H and O–H groups in total. The third-order valence-electron chi connectivity index (χ3n) is 3.29. The van der Waals surface area contributed by atoms with E-state index in [0.29, 0.717) is 16.3 Å². The van der Waals surface area contributed by atoms with Gasteiger partial charge < -0.3 is 10.5 Å². The minimum Gasteiger partial charge on any atom is -0.465 e. The molecule has 156 valence electrons. The molecule has 0 aliphatic heterocycles. The Labute approximate surface area is 209 Å². The quantitative estimate of drug-likeness (QED) is 0.122. The van der Waals surface area contributed by atoms with E-state index in [2.05, 4.69) is 11.5 Å². The van der Waals surface area contributed by atoms with Crippen LogP contribution in [0.4, 0.5) is 0 Å². The fourth-order valence-electron chi connectivity index (χ4n) is 2.08. The zero-order valence-electron chi connectivity index (χ0n) is 14.8. The van der Waals surface area contributed by atoms with E-state index in [9.17, 15) is 0 Å². The molecule has 0 spiro atoms. The largest absolute Gasteiger partial charge is 0.465 e. The second-order valence-corrected chi connectivity index (χ2v) is 8.07. The van der Waals surface area contributed by atoms with Gasteiger partial charge in [-0.15, -0.1) is 34.0 Å². The Morgan fingerprint density at radius 1 is 1.21 bits per heavy atom. The standard InChI is InChI=1S/C17H16ClN5OS3.2BrH/c18-13-2-4-15(12(6-13)9-26-16(20)21)27-14-3-1-10(7-19)5-11(14)8-24-17(25)23-22;;/h1-6H,8-9,22H2,(H3,20,21)(H,23,25);2*1H. The van der Waals surface area contributed by atoms with Crippen molar-refractivity contribution in [2.45, 2.75) is 22.2 Å². The lowest BCUT2D eigenvalue weighted by atomic mass is 10.1. The topological polar surface area (TPSA) is 121 Å². The van der Waals surface area contributed by atoms with Crippen LogP contribution in [0.5, 0.6) is 0 Å². The molecule has 0 fully saturated rings. The van der Waals surface area contributed by atoms with Gasteiger partial charge in [0.15, 0.2) is 5.17 Å². The maximum Gasteiger partial charge on any atom is 0.271 e. The first-order valence-electron chi connectivity index (χ1n) is 7.52. The van der Waals surface area contributed by atoms with Crippen molar-refractivity contribution in [3.8, 4) is 6.07 Å². The summed E-state index contributed by atoms with van der Waals surface area (Å²) in [4.78, 5) is 1.88. The van der Waals surface area contributed by atoms with Crippen LogP contribution in [0.15, 0.2) is 46.2 Å². The van der Waals surface area contributed by atoms with Crippen LogP contribution in [-0.4, -0.2) is 10.3 Å². The van der Waals surface area contributed by atoms with Crippen LogP contribution in [-0.2, 0) is 17.1 Å². The monoisotopic (exact) mass is 597 g/mol. The first-order chi connectivity index (χ1) is 12.9. The molecule has 0 atom stereocenters. The predicted octanol–water partition coefficient (Wildman–Crippen LogP) is 4.91. The molecule has 0 saturated carbocycles. The van der Waals surface area contributed by atoms with Gasteiger partial charge in [0.1, 0.15) is 6.61 Å². The summed E-state index contributed by atoms with van der Waals surface area (Å²) < 4.78 is 5.39. The van der Waals surface area contributed by atoms with E-state index in [-0.39, 0.29) is 50.9 Å². The van der Waals surface area contributed by atoms with Crippen LogP contribution in [0.3, 0.4) is 0 Å². The molecule has 0 aliphatic rings. The molecular weight excluding hydrogens is 582 g/mol. The molecule has 12 heteroatoms. The summed E-state index contributed by atoms with van der Waals surface area (Å²) in [6.07, 6.45) is 0. The van der Waals surface area contributed by atoms with Crippen LogP contribution in [0.2, 0.25) is 5.02 Å². The summed E-state index contributed by atoms with van der Waals surface area (Å²) in [5.41, 5.74) is 10.00. The highest BCUT2D eigenvalue weighted by molar-refractivity contribution is 8.93. The minimum atomic E-state index is 0. The predicted molar refractivity (Wildman–Crippen MR) is 135 cm³/mol. The van der Waals surface area contributed by atoms with Crippen molar-refractivity contribution in [1.82, 2.24) is 5.43 Å². The van der Waals surface area contributed by atoms with E-state index in [0.717, 1.165) is 20.9 Å². The summed E-state index contributed by atoms with van der Waals surface area (Å²) >= 11 is 13.8. The Balaban J connectivity index is 0.00000392. The van der Waals surface area contributed by atoms with Gasteiger partial charge in [0.2, 0.25) is 0 Å². The fourth-order valence-corrected chi connectivity index (χ4v) is 4.00. The molecular formula is C17H18Br2ClN5OS3. The van der Waals surface area contributed by atoms with Gasteiger partial charge in [-0.3, -0.25) is 10.8 Å². The molecule has 0 amide bonds. The Morgan fingerprint density at radius 3 is 2.48 bits per heavy atom. The van der Waals surface area contributed by atoms with Crippen molar-refractivity contribution in [1.29, 1.82) is 10.7 Å². The Hall–Kier alpha value is -1.00. The van der Waals surface area contributed by atoms with Crippen LogP contribution < -0.4 is 17.0 Å². The number of hydrogen-bond donors (Lipinski definition) is 4. The smallest absolute Gasteiger partial charge is 0.271 e. The summed E-state index contributed by atoms with van der Waals surface area (Å²) in [6, 6.07) is 13.0. The number of nitriles is 1. The summed E-state index contributed by atoms with van der Waals surface area (Å²) in [7, 11) is 0. The van der Waals surface area contributed by atoms with Crippen LogP contribution in [0.25, 0.3) is 0 Å². The van der Waals surface area contributed by atoms with Crippen LogP contribution in [0, 0.1) is 16.7 Å². The zero-order valence-corrected chi connectivity index (χ0v) is 21.4. The van der Waals surface area contributed by atoms with E-state index in [1.54, 1.807) is 18.2 Å². The molecule has 29 heavy (non-hydrogen) atoms. The number of thioether (sulfide) groups is 1. The summed E-state index contributed by atoms with van der Waals surface area (Å²) in [6.45, 7) is 0.173. The molecule has 0 aliphatic carbocycles. The molecule has 0 heterocycles. The third kappa shape index (κ3) is 9.13. The maximum atomic E-state index is 9.16. The molecule has 2 aromatic rings. The zero-order chi connectivity index (χ0) is 19.8. The molecule has 6 nitrogen and oxygen atoms in total. The number of nitrogens with zero attached hydrogens (tertiary/aromatic N) is 1. The van der Waals surface area contributed by atoms with Crippen molar-refractivity contribution >= 4 is 91.6 Å². The number of hydrazine groups is 1. The van der Waals surface area contributed by atoms with E-state index < -0.39 is 0 Å². The molecule has 0 bridgehead atoms. The van der Waals surface area contributed by atoms with Gasteiger partial charge in [-0.25, -0.2) is 5.84 Å². The number of ether oxygens (including phenoxy) is 1. The van der Waals surface area contributed by atoms with E-state index in [1.165, 1.54) is 23.5 Å². The fraction of sp³-hybridized carbons (Fsp3) is 0.118. The first-order valence-corrected chi connectivity index (χ1v) is 10.1. The van der Waals surface area contributed by atoms with Crippen LogP contribution in [0.1, 0.15) is 16.7 Å². The molecule has 2 rings (SSSR count). The lowest BCUT2D eigenvalue weighted by Gasteiger charge is -2.14. The lowest BCUT2D eigenvalue weighted by Crippen LogP contribution is -2.30.